The summed E-state index contributed by atoms with van der Waals surface area (Å²) in [6, 6.07) is 16.8. The van der Waals surface area contributed by atoms with E-state index in [1.54, 1.807) is 0 Å². The predicted molar refractivity (Wildman–Crippen MR) is 89.6 cm³/mol. The molecule has 0 aromatic heterocycles. The minimum absolute atomic E-state index is 0.270. The fraction of sp³-hybridized carbons (Fsp3) is 0.333. The van der Waals surface area contributed by atoms with Gasteiger partial charge in [-0.05, 0) is 54.6 Å². The third-order valence-corrected chi connectivity index (χ3v) is 4.61. The Labute approximate surface area is 134 Å². The summed E-state index contributed by atoms with van der Waals surface area (Å²) in [4.78, 5) is 0. The van der Waals surface area contributed by atoms with Crippen molar-refractivity contribution < 1.29 is 4.74 Å². The summed E-state index contributed by atoms with van der Waals surface area (Å²) < 4.78 is 7.15. The number of fused-ring (bicyclic) bond motifs is 1. The van der Waals surface area contributed by atoms with Gasteiger partial charge in [0.1, 0.15) is 11.9 Å². The summed E-state index contributed by atoms with van der Waals surface area (Å²) in [5.41, 5.74) is 8.63. The fourth-order valence-corrected chi connectivity index (χ4v) is 3.24. The van der Waals surface area contributed by atoms with Crippen molar-refractivity contribution in [2.45, 2.75) is 25.4 Å². The molecular formula is C18H20BrNO. The normalized spacial score (nSPS) is 18.1. The zero-order valence-corrected chi connectivity index (χ0v) is 13.6. The second kappa shape index (κ2) is 6.63. The van der Waals surface area contributed by atoms with Crippen molar-refractivity contribution in [2.24, 2.45) is 11.7 Å². The molecule has 3 rings (SSSR count). The lowest BCUT2D eigenvalue weighted by atomic mass is 9.92. The Morgan fingerprint density at radius 1 is 1.14 bits per heavy atom. The van der Waals surface area contributed by atoms with Crippen LogP contribution in [0.5, 0.6) is 5.75 Å². The van der Waals surface area contributed by atoms with Crippen molar-refractivity contribution in [3.05, 3.63) is 64.1 Å². The first-order valence-corrected chi connectivity index (χ1v) is 8.23. The van der Waals surface area contributed by atoms with Gasteiger partial charge >= 0.3 is 0 Å². The van der Waals surface area contributed by atoms with E-state index in [-0.39, 0.29) is 6.10 Å². The zero-order chi connectivity index (χ0) is 14.7. The number of ether oxygens (including phenoxy) is 1. The molecule has 1 heterocycles. The minimum Gasteiger partial charge on any atom is -0.490 e. The van der Waals surface area contributed by atoms with E-state index in [0.717, 1.165) is 29.5 Å². The van der Waals surface area contributed by atoms with Gasteiger partial charge in [0.05, 0.1) is 0 Å². The number of benzene rings is 2. The molecule has 2 aromatic rings. The quantitative estimate of drug-likeness (QED) is 0.889. The standard InChI is InChI=1S/C18H20BrNO/c19-16-7-5-13(6-8-16)9-14(12-20)10-17-11-15-3-1-2-4-18(15)21-17/h1-8,14,17H,9-12,20H2. The maximum atomic E-state index is 6.03. The first-order valence-electron chi connectivity index (χ1n) is 7.43. The Balaban J connectivity index is 1.60. The highest BCUT2D eigenvalue weighted by Gasteiger charge is 2.25. The Morgan fingerprint density at radius 3 is 2.62 bits per heavy atom. The highest BCUT2D eigenvalue weighted by atomic mass is 79.9. The third-order valence-electron chi connectivity index (χ3n) is 4.08. The molecule has 21 heavy (non-hydrogen) atoms. The van der Waals surface area contributed by atoms with Gasteiger partial charge in [-0.2, -0.15) is 0 Å². The largest absolute Gasteiger partial charge is 0.490 e. The van der Waals surface area contributed by atoms with Crippen molar-refractivity contribution >= 4 is 15.9 Å². The first-order chi connectivity index (χ1) is 10.2. The molecule has 2 aromatic carbocycles. The van der Waals surface area contributed by atoms with Gasteiger partial charge in [-0.3, -0.25) is 0 Å². The molecule has 110 valence electrons. The van der Waals surface area contributed by atoms with Crippen LogP contribution in [0.3, 0.4) is 0 Å². The molecule has 0 aliphatic carbocycles. The van der Waals surface area contributed by atoms with Gasteiger partial charge in [-0.15, -0.1) is 0 Å². The lowest BCUT2D eigenvalue weighted by Gasteiger charge is -2.19. The highest BCUT2D eigenvalue weighted by Crippen LogP contribution is 2.31. The van der Waals surface area contributed by atoms with Gasteiger partial charge < -0.3 is 10.5 Å². The van der Waals surface area contributed by atoms with Crippen LogP contribution >= 0.6 is 15.9 Å². The smallest absolute Gasteiger partial charge is 0.123 e. The summed E-state index contributed by atoms with van der Waals surface area (Å²) in [6.45, 7) is 0.701. The van der Waals surface area contributed by atoms with Gasteiger partial charge in [0.2, 0.25) is 0 Å². The van der Waals surface area contributed by atoms with Crippen LogP contribution in [0, 0.1) is 5.92 Å². The second-order valence-corrected chi connectivity index (χ2v) is 6.64. The van der Waals surface area contributed by atoms with Crippen molar-refractivity contribution in [3.63, 3.8) is 0 Å². The van der Waals surface area contributed by atoms with Crippen molar-refractivity contribution in [1.82, 2.24) is 0 Å². The molecule has 2 atom stereocenters. The van der Waals surface area contributed by atoms with Crippen LogP contribution in [0.2, 0.25) is 0 Å². The molecule has 0 spiro atoms. The van der Waals surface area contributed by atoms with Crippen molar-refractivity contribution in [3.8, 4) is 5.75 Å². The number of para-hydroxylation sites is 1. The van der Waals surface area contributed by atoms with Gasteiger partial charge in [0, 0.05) is 10.9 Å². The van der Waals surface area contributed by atoms with E-state index in [0.29, 0.717) is 12.5 Å². The SMILES string of the molecule is NCC(Cc1ccc(Br)cc1)CC1Cc2ccccc2O1. The van der Waals surface area contributed by atoms with E-state index in [2.05, 4.69) is 58.4 Å². The molecule has 3 heteroatoms. The summed E-state index contributed by atoms with van der Waals surface area (Å²) in [5, 5.41) is 0. The lowest BCUT2D eigenvalue weighted by molar-refractivity contribution is 0.194. The van der Waals surface area contributed by atoms with Crippen LogP contribution in [-0.2, 0) is 12.8 Å². The van der Waals surface area contributed by atoms with E-state index < -0.39 is 0 Å². The molecule has 1 aliphatic heterocycles. The summed E-state index contributed by atoms with van der Waals surface area (Å²) in [6.07, 6.45) is 3.31. The average molecular weight is 346 g/mol. The van der Waals surface area contributed by atoms with Gasteiger partial charge in [0.25, 0.3) is 0 Å². The Morgan fingerprint density at radius 2 is 1.90 bits per heavy atom. The van der Waals surface area contributed by atoms with Crippen molar-refractivity contribution in [2.75, 3.05) is 6.54 Å². The van der Waals surface area contributed by atoms with E-state index in [1.165, 1.54) is 11.1 Å². The molecule has 0 bridgehead atoms. The minimum atomic E-state index is 0.270. The maximum Gasteiger partial charge on any atom is 0.123 e. The summed E-state index contributed by atoms with van der Waals surface area (Å²) in [7, 11) is 0. The molecule has 2 N–H and O–H groups in total. The predicted octanol–water partition coefficient (Wildman–Crippen LogP) is 3.96. The maximum absolute atomic E-state index is 6.03. The molecule has 0 saturated heterocycles. The van der Waals surface area contributed by atoms with Gasteiger partial charge in [-0.25, -0.2) is 0 Å². The van der Waals surface area contributed by atoms with Crippen LogP contribution in [-0.4, -0.2) is 12.6 Å². The van der Waals surface area contributed by atoms with Crippen LogP contribution in [0.1, 0.15) is 17.5 Å². The Hall–Kier alpha value is -1.32. The van der Waals surface area contributed by atoms with Crippen molar-refractivity contribution in [1.29, 1.82) is 0 Å². The molecule has 0 amide bonds. The van der Waals surface area contributed by atoms with Crippen LogP contribution in [0.4, 0.5) is 0 Å². The second-order valence-electron chi connectivity index (χ2n) is 5.72. The summed E-state index contributed by atoms with van der Waals surface area (Å²) >= 11 is 3.47. The molecule has 0 fully saturated rings. The highest BCUT2D eigenvalue weighted by molar-refractivity contribution is 9.10. The van der Waals surface area contributed by atoms with E-state index in [4.69, 9.17) is 10.5 Å². The van der Waals surface area contributed by atoms with E-state index >= 15 is 0 Å². The molecule has 2 nitrogen and oxygen atoms in total. The molecule has 2 unspecified atom stereocenters. The van der Waals surface area contributed by atoms with Crippen LogP contribution < -0.4 is 10.5 Å². The monoisotopic (exact) mass is 345 g/mol. The van der Waals surface area contributed by atoms with Crippen LogP contribution in [0.25, 0.3) is 0 Å². The van der Waals surface area contributed by atoms with Crippen LogP contribution in [0.15, 0.2) is 53.0 Å². The number of nitrogens with two attached hydrogens (primary N) is 1. The lowest BCUT2D eigenvalue weighted by Crippen LogP contribution is -2.25. The Bertz CT molecular complexity index is 571. The average Bonchev–Trinajstić information content (AvgIpc) is 2.91. The number of hydrogen-bond acceptors (Lipinski definition) is 2. The van der Waals surface area contributed by atoms with Gasteiger partial charge in [0.15, 0.2) is 0 Å². The molecule has 0 saturated carbocycles. The number of rotatable bonds is 5. The Kier molecular flexibility index (Phi) is 4.61. The van der Waals surface area contributed by atoms with Gasteiger partial charge in [-0.1, -0.05) is 46.3 Å². The molecular weight excluding hydrogens is 326 g/mol. The number of halogens is 1. The van der Waals surface area contributed by atoms with E-state index in [9.17, 15) is 0 Å². The third kappa shape index (κ3) is 3.66. The van der Waals surface area contributed by atoms with E-state index in [1.807, 2.05) is 6.07 Å². The zero-order valence-electron chi connectivity index (χ0n) is 12.0. The first kappa shape index (κ1) is 14.6. The summed E-state index contributed by atoms with van der Waals surface area (Å²) in [5.74, 6) is 1.51. The fourth-order valence-electron chi connectivity index (χ4n) is 2.97. The molecule has 0 radical (unpaired) electrons. The molecule has 1 aliphatic rings. The topological polar surface area (TPSA) is 35.2 Å². The number of hydrogen-bond donors (Lipinski definition) is 1.